The number of sulfonamides is 1. The van der Waals surface area contributed by atoms with Crippen molar-refractivity contribution in [2.45, 2.75) is 29.8 Å². The van der Waals surface area contributed by atoms with Gasteiger partial charge in [0.2, 0.25) is 10.0 Å². The summed E-state index contributed by atoms with van der Waals surface area (Å²) in [5.41, 5.74) is -0.449. The smallest absolute Gasteiger partial charge is 0.306 e. The lowest BCUT2D eigenvalue weighted by Crippen LogP contribution is -2.45. The number of aliphatic carboxylic acids is 1. The Morgan fingerprint density at radius 1 is 0.969 bits per heavy atom. The number of benzene rings is 3. The lowest BCUT2D eigenvalue weighted by atomic mass is 9.85. The summed E-state index contributed by atoms with van der Waals surface area (Å²) in [7, 11) is -3.69. The molecule has 7 nitrogen and oxygen atoms in total. The Morgan fingerprint density at radius 3 is 2.31 bits per heavy atom. The first-order valence-corrected chi connectivity index (χ1v) is 11.9. The molecule has 0 spiro atoms. The van der Waals surface area contributed by atoms with Gasteiger partial charge in [-0.25, -0.2) is 8.42 Å². The zero-order chi connectivity index (χ0) is 22.8. The Labute approximate surface area is 186 Å². The highest BCUT2D eigenvalue weighted by atomic mass is 32.2. The quantitative estimate of drug-likeness (QED) is 0.566. The molecule has 0 aliphatic carbocycles. The molecule has 0 unspecified atom stereocenters. The lowest BCUT2D eigenvalue weighted by Gasteiger charge is -2.38. The highest BCUT2D eigenvalue weighted by Crippen LogP contribution is 2.36. The zero-order valence-electron chi connectivity index (χ0n) is 17.5. The zero-order valence-corrected chi connectivity index (χ0v) is 18.3. The van der Waals surface area contributed by atoms with Crippen LogP contribution in [0.2, 0.25) is 0 Å². The highest BCUT2D eigenvalue weighted by molar-refractivity contribution is 7.89. The summed E-state index contributed by atoms with van der Waals surface area (Å²) in [6.07, 6.45) is 0.457. The van der Waals surface area contributed by atoms with Gasteiger partial charge in [-0.1, -0.05) is 48.5 Å². The Bertz CT molecular complexity index is 1210. The predicted molar refractivity (Wildman–Crippen MR) is 120 cm³/mol. The van der Waals surface area contributed by atoms with Crippen LogP contribution in [0, 0.1) is 0 Å². The minimum atomic E-state index is -3.69. The van der Waals surface area contributed by atoms with Crippen LogP contribution in [0.25, 0.3) is 10.8 Å². The molecule has 1 saturated heterocycles. The molecule has 0 saturated carbocycles. The van der Waals surface area contributed by atoms with Gasteiger partial charge in [0.25, 0.3) is 0 Å². The van der Waals surface area contributed by atoms with Gasteiger partial charge in [-0.2, -0.15) is 4.31 Å². The standard InChI is InChI=1S/C24H25NO6S/c26-23(27)12-17-31-20-10-8-19(9-11-20)24(28)13-15-25(16-14-24)32(29,30)22-7-3-5-18-4-1-2-6-21(18)22/h1-11,28H,12-17H2,(H,26,27). The maximum Gasteiger partial charge on any atom is 0.306 e. The summed E-state index contributed by atoms with van der Waals surface area (Å²) in [6, 6.07) is 19.5. The molecular weight excluding hydrogens is 430 g/mol. The van der Waals surface area contributed by atoms with Crippen LogP contribution in [-0.4, -0.2) is 48.6 Å². The summed E-state index contributed by atoms with van der Waals surface area (Å²) in [6.45, 7) is 0.484. The number of rotatable bonds is 7. The van der Waals surface area contributed by atoms with E-state index in [0.29, 0.717) is 16.7 Å². The number of aliphatic hydroxyl groups is 1. The molecule has 0 atom stereocenters. The minimum Gasteiger partial charge on any atom is -0.493 e. The number of carboxylic acid groups (broad SMARTS) is 1. The van der Waals surface area contributed by atoms with Crippen LogP contribution in [-0.2, 0) is 20.4 Å². The van der Waals surface area contributed by atoms with Crippen molar-refractivity contribution in [2.75, 3.05) is 19.7 Å². The molecule has 3 aromatic carbocycles. The fourth-order valence-corrected chi connectivity index (χ4v) is 5.72. The normalized spacial score (nSPS) is 16.7. The maximum atomic E-state index is 13.3. The molecule has 32 heavy (non-hydrogen) atoms. The number of fused-ring (bicyclic) bond motifs is 1. The van der Waals surface area contributed by atoms with Gasteiger partial charge in [0.05, 0.1) is 23.5 Å². The summed E-state index contributed by atoms with van der Waals surface area (Å²) >= 11 is 0. The van der Waals surface area contributed by atoms with Crippen LogP contribution in [0.5, 0.6) is 5.75 Å². The van der Waals surface area contributed by atoms with Gasteiger partial charge < -0.3 is 14.9 Å². The third kappa shape index (κ3) is 4.48. The van der Waals surface area contributed by atoms with Crippen molar-refractivity contribution in [2.24, 2.45) is 0 Å². The Hall–Kier alpha value is -2.94. The van der Waals surface area contributed by atoms with E-state index in [1.54, 1.807) is 36.4 Å². The molecule has 0 bridgehead atoms. The van der Waals surface area contributed by atoms with Crippen LogP contribution >= 0.6 is 0 Å². The first-order chi connectivity index (χ1) is 15.3. The maximum absolute atomic E-state index is 13.3. The van der Waals surface area contributed by atoms with Gasteiger partial charge >= 0.3 is 5.97 Å². The number of ether oxygens (including phenoxy) is 1. The van der Waals surface area contributed by atoms with E-state index in [1.165, 1.54) is 4.31 Å². The fourth-order valence-electron chi connectivity index (χ4n) is 4.06. The molecule has 0 radical (unpaired) electrons. The number of nitrogens with zero attached hydrogens (tertiary/aromatic N) is 1. The summed E-state index contributed by atoms with van der Waals surface area (Å²) in [4.78, 5) is 10.9. The minimum absolute atomic E-state index is 0.0694. The Balaban J connectivity index is 1.46. The molecule has 0 aromatic heterocycles. The molecule has 3 aromatic rings. The van der Waals surface area contributed by atoms with Gasteiger partial charge in [0, 0.05) is 18.5 Å². The molecule has 1 heterocycles. The molecule has 2 N–H and O–H groups in total. The highest BCUT2D eigenvalue weighted by Gasteiger charge is 2.38. The second-order valence-corrected chi connectivity index (χ2v) is 9.84. The average molecular weight is 456 g/mol. The van der Waals surface area contributed by atoms with Gasteiger partial charge in [-0.05, 0) is 42.0 Å². The first-order valence-electron chi connectivity index (χ1n) is 10.5. The number of hydrogen-bond donors (Lipinski definition) is 2. The van der Waals surface area contributed by atoms with Crippen LogP contribution in [0.4, 0.5) is 0 Å². The van der Waals surface area contributed by atoms with Crippen molar-refractivity contribution in [1.29, 1.82) is 0 Å². The number of carbonyl (C=O) groups is 1. The molecule has 0 amide bonds. The van der Waals surface area contributed by atoms with Crippen LogP contribution in [0.3, 0.4) is 0 Å². The van der Waals surface area contributed by atoms with Gasteiger partial charge in [-0.15, -0.1) is 0 Å². The van der Waals surface area contributed by atoms with Crippen molar-refractivity contribution < 1.29 is 28.2 Å². The van der Waals surface area contributed by atoms with Crippen LogP contribution in [0.15, 0.2) is 71.6 Å². The van der Waals surface area contributed by atoms with E-state index in [4.69, 9.17) is 9.84 Å². The van der Waals surface area contributed by atoms with Gasteiger partial charge in [0.1, 0.15) is 5.75 Å². The Morgan fingerprint density at radius 2 is 1.62 bits per heavy atom. The second-order valence-electron chi connectivity index (χ2n) is 7.93. The van der Waals surface area contributed by atoms with E-state index in [-0.39, 0.29) is 43.9 Å². The monoisotopic (exact) mass is 455 g/mol. The van der Waals surface area contributed by atoms with Crippen LogP contribution < -0.4 is 4.74 Å². The number of hydrogen-bond acceptors (Lipinski definition) is 5. The van der Waals surface area contributed by atoms with Crippen molar-refractivity contribution in [3.05, 3.63) is 72.3 Å². The van der Waals surface area contributed by atoms with Gasteiger partial charge in [0.15, 0.2) is 0 Å². The van der Waals surface area contributed by atoms with Crippen molar-refractivity contribution >= 4 is 26.8 Å². The largest absolute Gasteiger partial charge is 0.493 e. The third-order valence-electron chi connectivity index (χ3n) is 5.89. The lowest BCUT2D eigenvalue weighted by molar-refractivity contribution is -0.137. The second kappa shape index (κ2) is 8.90. The van der Waals surface area contributed by atoms with Crippen molar-refractivity contribution in [1.82, 2.24) is 4.31 Å². The molecule has 4 rings (SSSR count). The summed E-state index contributed by atoms with van der Waals surface area (Å²) < 4.78 is 33.5. The van der Waals surface area contributed by atoms with Crippen molar-refractivity contribution in [3.63, 3.8) is 0 Å². The predicted octanol–water partition coefficient (Wildman–Crippen LogP) is 3.37. The molecule has 8 heteroatoms. The number of carboxylic acids is 1. The van der Waals surface area contributed by atoms with E-state index in [0.717, 1.165) is 5.39 Å². The van der Waals surface area contributed by atoms with E-state index in [2.05, 4.69) is 0 Å². The van der Waals surface area contributed by atoms with E-state index >= 15 is 0 Å². The molecular formula is C24H25NO6S. The Kier molecular flexibility index (Phi) is 6.19. The molecule has 1 fully saturated rings. The van der Waals surface area contributed by atoms with Crippen LogP contribution in [0.1, 0.15) is 24.8 Å². The number of piperidine rings is 1. The van der Waals surface area contributed by atoms with E-state index in [1.807, 2.05) is 30.3 Å². The SMILES string of the molecule is O=C(O)CCOc1ccc(C2(O)CCN(S(=O)(=O)c3cccc4ccccc34)CC2)cc1. The summed E-state index contributed by atoms with van der Waals surface area (Å²) in [5.74, 6) is -0.407. The average Bonchev–Trinajstić information content (AvgIpc) is 2.79. The summed E-state index contributed by atoms with van der Waals surface area (Å²) in [5, 5.41) is 21.4. The van der Waals surface area contributed by atoms with E-state index < -0.39 is 21.6 Å². The topological polar surface area (TPSA) is 104 Å². The third-order valence-corrected chi connectivity index (χ3v) is 7.85. The first kappa shape index (κ1) is 22.3. The van der Waals surface area contributed by atoms with Crippen molar-refractivity contribution in [3.8, 4) is 5.75 Å². The van der Waals surface area contributed by atoms with E-state index in [9.17, 15) is 18.3 Å². The van der Waals surface area contributed by atoms with Gasteiger partial charge in [-0.3, -0.25) is 4.79 Å². The molecule has 1 aliphatic rings. The molecule has 1 aliphatic heterocycles. The molecule has 168 valence electrons. The fraction of sp³-hybridized carbons (Fsp3) is 0.292.